The first kappa shape index (κ1) is 16.0. The van der Waals surface area contributed by atoms with Crippen LogP contribution >= 0.6 is 0 Å². The van der Waals surface area contributed by atoms with Crippen molar-refractivity contribution in [3.8, 4) is 23.0 Å². The van der Waals surface area contributed by atoms with Crippen molar-refractivity contribution in [1.82, 2.24) is 0 Å². The molecule has 0 bridgehead atoms. The molecule has 1 aromatic carbocycles. The number of phenolic OH excluding ortho intramolecular Hbond substituents is 4. The maximum absolute atomic E-state index is 11.3. The second-order valence-electron chi connectivity index (χ2n) is 4.70. The van der Waals surface area contributed by atoms with E-state index in [1.165, 1.54) is 0 Å². The Kier molecular flexibility index (Phi) is 3.62. The Labute approximate surface area is 113 Å². The molecule has 20 heavy (non-hydrogen) atoms. The fourth-order valence-electron chi connectivity index (χ4n) is 1.64. The number of hydrogen-bond acceptors (Lipinski definition) is 8. The molecule has 1 rings (SSSR count). The molecule has 0 saturated carbocycles. The lowest BCUT2D eigenvalue weighted by Gasteiger charge is -2.35. The minimum atomic E-state index is -3.45. The Hall–Kier alpha value is -2.03. The summed E-state index contributed by atoms with van der Waals surface area (Å²) >= 11 is 0. The molecule has 0 spiro atoms. The van der Waals surface area contributed by atoms with Crippen LogP contribution in [0.1, 0.15) is 25.0 Å². The number of carbonyl (C=O) groups is 1. The molecule has 0 aliphatic rings. The number of rotatable bonds is 3. The van der Waals surface area contributed by atoms with Gasteiger partial charge in [0.25, 0.3) is 0 Å². The molecule has 8 nitrogen and oxygen atoms in total. The zero-order valence-electron chi connectivity index (χ0n) is 11.0. The van der Waals surface area contributed by atoms with E-state index in [0.717, 1.165) is 20.8 Å². The lowest BCUT2D eigenvalue weighted by atomic mass is 9.84. The van der Waals surface area contributed by atoms with Crippen molar-refractivity contribution >= 4 is 5.78 Å². The van der Waals surface area contributed by atoms with E-state index in [9.17, 15) is 40.5 Å². The van der Waals surface area contributed by atoms with E-state index in [1.54, 1.807) is 0 Å². The molecule has 8 heteroatoms. The summed E-state index contributed by atoms with van der Waals surface area (Å²) in [5, 5.41) is 68.2. The van der Waals surface area contributed by atoms with Crippen molar-refractivity contribution in [2.45, 2.75) is 32.2 Å². The molecule has 1 unspecified atom stereocenters. The number of ketones is 1. The van der Waals surface area contributed by atoms with Crippen molar-refractivity contribution in [1.29, 1.82) is 0 Å². The van der Waals surface area contributed by atoms with Gasteiger partial charge < -0.3 is 35.7 Å². The largest absolute Gasteiger partial charge is 0.504 e. The lowest BCUT2D eigenvalue weighted by molar-refractivity contribution is -0.268. The van der Waals surface area contributed by atoms with Gasteiger partial charge in [0.2, 0.25) is 5.79 Å². The van der Waals surface area contributed by atoms with Gasteiger partial charge >= 0.3 is 0 Å². The molecular weight excluding hydrogens is 272 g/mol. The average molecular weight is 288 g/mol. The van der Waals surface area contributed by atoms with Gasteiger partial charge in [-0.3, -0.25) is 4.79 Å². The van der Waals surface area contributed by atoms with E-state index in [0.29, 0.717) is 0 Å². The molecule has 0 saturated heterocycles. The quantitative estimate of drug-likeness (QED) is 0.218. The minimum Gasteiger partial charge on any atom is -0.504 e. The van der Waals surface area contributed by atoms with E-state index in [1.807, 2.05) is 0 Å². The third kappa shape index (κ3) is 1.94. The molecule has 0 amide bonds. The number of carbonyl (C=O) groups excluding carboxylic acids is 1. The predicted molar refractivity (Wildman–Crippen MR) is 65.3 cm³/mol. The van der Waals surface area contributed by atoms with Crippen LogP contribution in [0.3, 0.4) is 0 Å². The molecule has 1 atom stereocenters. The number of phenols is 4. The Balaban J connectivity index is 3.76. The highest BCUT2D eigenvalue weighted by Gasteiger charge is 2.53. The first-order valence-corrected chi connectivity index (χ1v) is 5.52. The summed E-state index contributed by atoms with van der Waals surface area (Å²) in [6.07, 6.45) is 0. The van der Waals surface area contributed by atoms with Crippen LogP contribution in [0.5, 0.6) is 23.0 Å². The van der Waals surface area contributed by atoms with Crippen LogP contribution < -0.4 is 0 Å². The van der Waals surface area contributed by atoms with Crippen molar-refractivity contribution in [2.75, 3.05) is 0 Å². The highest BCUT2D eigenvalue weighted by atomic mass is 16.5. The van der Waals surface area contributed by atoms with E-state index >= 15 is 0 Å². The minimum absolute atomic E-state index is 0.318. The summed E-state index contributed by atoms with van der Waals surface area (Å²) in [5.74, 6) is -8.74. The molecule has 0 aliphatic carbocycles. The second kappa shape index (κ2) is 4.51. The van der Waals surface area contributed by atoms with E-state index in [2.05, 4.69) is 0 Å². The smallest absolute Gasteiger partial charge is 0.234 e. The van der Waals surface area contributed by atoms with Gasteiger partial charge in [-0.2, -0.15) is 0 Å². The zero-order valence-corrected chi connectivity index (χ0v) is 11.0. The van der Waals surface area contributed by atoms with Gasteiger partial charge in [0.1, 0.15) is 5.56 Å². The topological polar surface area (TPSA) is 159 Å². The molecule has 0 heterocycles. The standard InChI is InChI=1S/C12H16O8/c1-4-7(14)9(16)6(10(17)8(4)15)12(19,20)11(3,18)5(2)13/h14-20H,1-3H3. The van der Waals surface area contributed by atoms with E-state index < -0.39 is 45.7 Å². The number of hydrogen-bond donors (Lipinski definition) is 7. The lowest BCUT2D eigenvalue weighted by Crippen LogP contribution is -2.54. The van der Waals surface area contributed by atoms with E-state index in [-0.39, 0.29) is 5.56 Å². The summed E-state index contributed by atoms with van der Waals surface area (Å²) in [5.41, 5.74) is -4.31. The van der Waals surface area contributed by atoms with Crippen LogP contribution in [-0.4, -0.2) is 47.1 Å². The number of aromatic hydroxyl groups is 4. The van der Waals surface area contributed by atoms with Crippen molar-refractivity contribution < 1.29 is 40.5 Å². The summed E-state index contributed by atoms with van der Waals surface area (Å²) in [6.45, 7) is 2.73. The fraction of sp³-hybridized carbons (Fsp3) is 0.417. The van der Waals surface area contributed by atoms with Crippen LogP contribution in [0.25, 0.3) is 0 Å². The van der Waals surface area contributed by atoms with Gasteiger partial charge in [-0.1, -0.05) is 0 Å². The van der Waals surface area contributed by atoms with Crippen LogP contribution in [-0.2, 0) is 10.6 Å². The molecule has 0 fully saturated rings. The highest BCUT2D eigenvalue weighted by Crippen LogP contribution is 2.51. The number of aliphatic hydroxyl groups is 3. The molecule has 0 aliphatic heterocycles. The Morgan fingerprint density at radius 3 is 1.55 bits per heavy atom. The normalized spacial score (nSPS) is 14.9. The molecule has 0 radical (unpaired) electrons. The predicted octanol–water partition coefficient (Wildman–Crippen LogP) is -0.705. The Bertz CT molecular complexity index is 544. The monoisotopic (exact) mass is 288 g/mol. The van der Waals surface area contributed by atoms with Crippen LogP contribution in [0.15, 0.2) is 0 Å². The van der Waals surface area contributed by atoms with Crippen LogP contribution in [0.2, 0.25) is 0 Å². The molecule has 112 valence electrons. The average Bonchev–Trinajstić information content (AvgIpc) is 2.33. The molecule has 7 N–H and O–H groups in total. The summed E-state index contributed by atoms with van der Waals surface area (Å²) in [4.78, 5) is 11.3. The van der Waals surface area contributed by atoms with Gasteiger partial charge in [-0.15, -0.1) is 0 Å². The van der Waals surface area contributed by atoms with Gasteiger partial charge in [0.05, 0.1) is 0 Å². The Morgan fingerprint density at radius 1 is 0.900 bits per heavy atom. The second-order valence-corrected chi connectivity index (χ2v) is 4.70. The van der Waals surface area contributed by atoms with Gasteiger partial charge in [-0.25, -0.2) is 0 Å². The number of benzene rings is 1. The maximum atomic E-state index is 11.3. The van der Waals surface area contributed by atoms with Crippen molar-refractivity contribution in [3.63, 3.8) is 0 Å². The fourth-order valence-corrected chi connectivity index (χ4v) is 1.64. The molecule has 0 aromatic heterocycles. The number of Topliss-reactive ketones (excluding diaryl/α,β-unsaturated/α-hetero) is 1. The first-order valence-electron chi connectivity index (χ1n) is 5.52. The van der Waals surface area contributed by atoms with Crippen LogP contribution in [0, 0.1) is 6.92 Å². The highest BCUT2D eigenvalue weighted by molar-refractivity contribution is 5.86. The molecule has 1 aromatic rings. The van der Waals surface area contributed by atoms with Gasteiger partial charge in [0, 0.05) is 5.56 Å². The van der Waals surface area contributed by atoms with E-state index in [4.69, 9.17) is 0 Å². The molecular formula is C12H16O8. The van der Waals surface area contributed by atoms with Crippen LogP contribution in [0.4, 0.5) is 0 Å². The zero-order chi connectivity index (χ0) is 16.0. The summed E-state index contributed by atoms with van der Waals surface area (Å²) < 4.78 is 0. The SMILES string of the molecule is CC(=O)C(C)(O)C(O)(O)c1c(O)c(O)c(C)c(O)c1O. The summed E-state index contributed by atoms with van der Waals surface area (Å²) in [7, 11) is 0. The summed E-state index contributed by atoms with van der Waals surface area (Å²) in [6, 6.07) is 0. The third-order valence-corrected chi connectivity index (χ3v) is 3.35. The third-order valence-electron chi connectivity index (χ3n) is 3.35. The van der Waals surface area contributed by atoms with Crippen molar-refractivity contribution in [3.05, 3.63) is 11.1 Å². The van der Waals surface area contributed by atoms with Gasteiger partial charge in [-0.05, 0) is 20.8 Å². The van der Waals surface area contributed by atoms with Gasteiger partial charge in [0.15, 0.2) is 34.4 Å². The van der Waals surface area contributed by atoms with Crippen molar-refractivity contribution in [2.24, 2.45) is 0 Å². The first-order chi connectivity index (χ1) is 8.87. The maximum Gasteiger partial charge on any atom is 0.234 e. The Morgan fingerprint density at radius 2 is 1.25 bits per heavy atom.